The number of halogens is 5. The second kappa shape index (κ2) is 8.90. The maximum Gasteiger partial charge on any atom is 0.433 e. The molecule has 3 aromatic rings. The molecule has 0 aliphatic heterocycles. The molecule has 14 heteroatoms. The van der Waals surface area contributed by atoms with Crippen molar-refractivity contribution in [1.82, 2.24) is 30.0 Å². The van der Waals surface area contributed by atoms with Crippen molar-refractivity contribution in [3.8, 4) is 17.6 Å². The van der Waals surface area contributed by atoms with E-state index in [0.717, 1.165) is 6.20 Å². The van der Waals surface area contributed by atoms with Crippen LogP contribution in [0.25, 0.3) is 5.82 Å². The first-order chi connectivity index (χ1) is 16.5. The SMILES string of the molecule is CC(NC(=O)c1cc(C(F)(F)F)nc(C2(C#N)CC2)c1)c1ncnn1-c1ccc(OC(F)F)cn1. The molecule has 0 aromatic carbocycles. The van der Waals surface area contributed by atoms with Crippen LogP contribution in [0.2, 0.25) is 0 Å². The summed E-state index contributed by atoms with van der Waals surface area (Å²) in [6, 6.07) is 5.51. The van der Waals surface area contributed by atoms with Gasteiger partial charge < -0.3 is 10.1 Å². The summed E-state index contributed by atoms with van der Waals surface area (Å²) in [6.45, 7) is -1.49. The number of nitrogens with zero attached hydrogens (tertiary/aromatic N) is 6. The largest absolute Gasteiger partial charge is 0.433 e. The van der Waals surface area contributed by atoms with Gasteiger partial charge in [-0.2, -0.15) is 37.0 Å². The Kier molecular flexibility index (Phi) is 6.10. The Balaban J connectivity index is 1.58. The zero-order valence-corrected chi connectivity index (χ0v) is 17.9. The third-order valence-corrected chi connectivity index (χ3v) is 5.30. The van der Waals surface area contributed by atoms with E-state index in [9.17, 15) is 32.0 Å². The van der Waals surface area contributed by atoms with Gasteiger partial charge in [-0.3, -0.25) is 4.79 Å². The number of pyridine rings is 2. The Morgan fingerprint density at radius 3 is 2.57 bits per heavy atom. The number of ether oxygens (including phenoxy) is 1. The molecule has 1 amide bonds. The normalized spacial score (nSPS) is 15.4. The highest BCUT2D eigenvalue weighted by molar-refractivity contribution is 5.94. The summed E-state index contributed by atoms with van der Waals surface area (Å²) < 4.78 is 70.3. The highest BCUT2D eigenvalue weighted by Gasteiger charge is 2.48. The molecule has 35 heavy (non-hydrogen) atoms. The summed E-state index contributed by atoms with van der Waals surface area (Å²) in [6.07, 6.45) is -1.89. The lowest BCUT2D eigenvalue weighted by atomic mass is 10.0. The van der Waals surface area contributed by atoms with Crippen molar-refractivity contribution in [2.24, 2.45) is 0 Å². The molecule has 1 atom stereocenters. The van der Waals surface area contributed by atoms with E-state index in [-0.39, 0.29) is 28.6 Å². The molecule has 0 radical (unpaired) electrons. The van der Waals surface area contributed by atoms with Crippen molar-refractivity contribution in [3.63, 3.8) is 0 Å². The van der Waals surface area contributed by atoms with Gasteiger partial charge in [-0.25, -0.2) is 15.0 Å². The minimum Gasteiger partial charge on any atom is -0.433 e. The number of rotatable bonds is 7. The number of carbonyl (C=O) groups is 1. The van der Waals surface area contributed by atoms with E-state index >= 15 is 0 Å². The molecule has 4 rings (SSSR count). The Morgan fingerprint density at radius 1 is 1.26 bits per heavy atom. The van der Waals surface area contributed by atoms with Crippen molar-refractivity contribution in [2.45, 2.75) is 44.0 Å². The fourth-order valence-corrected chi connectivity index (χ4v) is 3.34. The number of hydrogen-bond donors (Lipinski definition) is 1. The molecule has 1 unspecified atom stereocenters. The van der Waals surface area contributed by atoms with Gasteiger partial charge in [0.2, 0.25) is 0 Å². The second-order valence-electron chi connectivity index (χ2n) is 7.77. The molecule has 3 aromatic heterocycles. The smallest absolute Gasteiger partial charge is 0.433 e. The standard InChI is InChI=1S/C21H16F5N7O2/c1-11(17-29-10-30-33(17)16-3-2-13(8-28-16)35-19(22)23)31-18(34)12-6-14(20(9-27)4-5-20)32-15(7-12)21(24,25)26/h2-3,6-8,10-11,19H,4-5H2,1H3,(H,31,34). The van der Waals surface area contributed by atoms with Gasteiger partial charge in [-0.05, 0) is 44.0 Å². The molecule has 0 spiro atoms. The molecule has 1 N–H and O–H groups in total. The predicted octanol–water partition coefficient (Wildman–Crippen LogP) is 3.72. The van der Waals surface area contributed by atoms with E-state index in [1.165, 1.54) is 36.1 Å². The lowest BCUT2D eigenvalue weighted by Gasteiger charge is -2.17. The number of alkyl halides is 5. The van der Waals surface area contributed by atoms with Crippen molar-refractivity contribution >= 4 is 5.91 Å². The maximum atomic E-state index is 13.4. The fraction of sp³-hybridized carbons (Fsp3) is 0.333. The Morgan fingerprint density at radius 2 is 2.00 bits per heavy atom. The number of hydrogen-bond acceptors (Lipinski definition) is 7. The van der Waals surface area contributed by atoms with Crippen LogP contribution >= 0.6 is 0 Å². The van der Waals surface area contributed by atoms with Crippen molar-refractivity contribution in [1.29, 1.82) is 5.26 Å². The molecule has 3 heterocycles. The van der Waals surface area contributed by atoms with Crippen LogP contribution in [-0.2, 0) is 11.6 Å². The molecular formula is C21H16F5N7O2. The number of aromatic nitrogens is 5. The number of nitriles is 1. The van der Waals surface area contributed by atoms with E-state index in [0.29, 0.717) is 18.9 Å². The fourth-order valence-electron chi connectivity index (χ4n) is 3.34. The molecular weight excluding hydrogens is 477 g/mol. The Hall–Kier alpha value is -4.15. The van der Waals surface area contributed by atoms with E-state index in [1.807, 2.05) is 6.07 Å². The van der Waals surface area contributed by atoms with Crippen LogP contribution in [0.15, 0.2) is 36.8 Å². The molecule has 1 aliphatic rings. The topological polar surface area (TPSA) is 119 Å². The van der Waals surface area contributed by atoms with Gasteiger partial charge in [-0.15, -0.1) is 0 Å². The average Bonchev–Trinajstić information content (AvgIpc) is 3.46. The van der Waals surface area contributed by atoms with Crippen molar-refractivity contribution in [3.05, 3.63) is 59.6 Å². The molecule has 0 bridgehead atoms. The monoisotopic (exact) mass is 493 g/mol. The van der Waals surface area contributed by atoms with Crippen LogP contribution in [0.5, 0.6) is 5.75 Å². The van der Waals surface area contributed by atoms with Gasteiger partial charge >= 0.3 is 12.8 Å². The average molecular weight is 493 g/mol. The number of carbonyl (C=O) groups excluding carboxylic acids is 1. The minimum atomic E-state index is -4.81. The van der Waals surface area contributed by atoms with Gasteiger partial charge in [0.05, 0.1) is 29.4 Å². The van der Waals surface area contributed by atoms with Crippen LogP contribution in [0.3, 0.4) is 0 Å². The molecule has 182 valence electrons. The van der Waals surface area contributed by atoms with E-state index in [4.69, 9.17) is 0 Å². The van der Waals surface area contributed by atoms with E-state index in [2.05, 4.69) is 30.1 Å². The highest BCUT2D eigenvalue weighted by atomic mass is 19.4. The van der Waals surface area contributed by atoms with Crippen molar-refractivity contribution in [2.75, 3.05) is 0 Å². The molecule has 0 saturated heterocycles. The van der Waals surface area contributed by atoms with Gasteiger partial charge in [0.25, 0.3) is 5.91 Å². The molecule has 1 saturated carbocycles. The van der Waals surface area contributed by atoms with Crippen LogP contribution in [0, 0.1) is 11.3 Å². The summed E-state index contributed by atoms with van der Waals surface area (Å²) in [7, 11) is 0. The number of amides is 1. The summed E-state index contributed by atoms with van der Waals surface area (Å²) in [5.74, 6) is -0.667. The van der Waals surface area contributed by atoms with Crippen LogP contribution in [0.1, 0.15) is 53.4 Å². The van der Waals surface area contributed by atoms with Gasteiger partial charge in [0.15, 0.2) is 11.6 Å². The van der Waals surface area contributed by atoms with Gasteiger partial charge in [-0.1, -0.05) is 0 Å². The molecule has 9 nitrogen and oxygen atoms in total. The first-order valence-electron chi connectivity index (χ1n) is 10.2. The van der Waals surface area contributed by atoms with Gasteiger partial charge in [0, 0.05) is 5.56 Å². The zero-order valence-electron chi connectivity index (χ0n) is 17.9. The lowest BCUT2D eigenvalue weighted by molar-refractivity contribution is -0.141. The van der Waals surface area contributed by atoms with Crippen molar-refractivity contribution < 1.29 is 31.5 Å². The van der Waals surface area contributed by atoms with Crippen LogP contribution < -0.4 is 10.1 Å². The second-order valence-corrected chi connectivity index (χ2v) is 7.77. The highest BCUT2D eigenvalue weighted by Crippen LogP contribution is 2.47. The first-order valence-corrected chi connectivity index (χ1v) is 10.2. The summed E-state index contributed by atoms with van der Waals surface area (Å²) in [5.41, 5.74) is -2.82. The minimum absolute atomic E-state index is 0.105. The summed E-state index contributed by atoms with van der Waals surface area (Å²) in [5, 5.41) is 15.9. The first kappa shape index (κ1) is 24.0. The van der Waals surface area contributed by atoms with Gasteiger partial charge in [0.1, 0.15) is 17.8 Å². The van der Waals surface area contributed by atoms with E-state index in [1.54, 1.807) is 0 Å². The summed E-state index contributed by atoms with van der Waals surface area (Å²) >= 11 is 0. The predicted molar refractivity (Wildman–Crippen MR) is 107 cm³/mol. The maximum absolute atomic E-state index is 13.4. The Bertz CT molecular complexity index is 1280. The lowest BCUT2D eigenvalue weighted by Crippen LogP contribution is -2.29. The van der Waals surface area contributed by atoms with Crippen LogP contribution in [0.4, 0.5) is 22.0 Å². The van der Waals surface area contributed by atoms with Crippen LogP contribution in [-0.4, -0.2) is 37.3 Å². The number of nitrogens with one attached hydrogen (secondary N) is 1. The van der Waals surface area contributed by atoms with E-state index < -0.39 is 35.8 Å². The zero-order chi connectivity index (χ0) is 25.4. The third-order valence-electron chi connectivity index (χ3n) is 5.30. The third kappa shape index (κ3) is 5.03. The molecule has 1 fully saturated rings. The Labute approximate surface area is 194 Å². The molecule has 1 aliphatic carbocycles. The summed E-state index contributed by atoms with van der Waals surface area (Å²) in [4.78, 5) is 24.5. The quantitative estimate of drug-likeness (QED) is 0.499.